The molecule has 0 atom stereocenters. The maximum Gasteiger partial charge on any atom is 0.243 e. The van der Waals surface area contributed by atoms with Crippen LogP contribution in [0.1, 0.15) is 0 Å². The summed E-state index contributed by atoms with van der Waals surface area (Å²) in [5.41, 5.74) is 0. The van der Waals surface area contributed by atoms with Gasteiger partial charge in [-0.05, 0) is 42.5 Å². The van der Waals surface area contributed by atoms with E-state index in [9.17, 15) is 25.3 Å². The number of hydrogen-bond donors (Lipinski definition) is 0. The average Bonchev–Trinajstić information content (AvgIpc) is 2.62. The van der Waals surface area contributed by atoms with Gasteiger partial charge >= 0.3 is 0 Å². The Bertz CT molecular complexity index is 1160. The van der Waals surface area contributed by atoms with Crippen molar-refractivity contribution in [1.82, 2.24) is 4.31 Å². The number of nitrogens with zero attached hydrogens (tertiary/aromatic N) is 1. The summed E-state index contributed by atoms with van der Waals surface area (Å²) in [6.45, 7) is -0.308. The normalized spacial score (nSPS) is 18.3. The van der Waals surface area contributed by atoms with Gasteiger partial charge in [-0.15, -0.1) is 0 Å². The van der Waals surface area contributed by atoms with Crippen molar-refractivity contribution in [2.45, 2.75) is 14.7 Å². The lowest BCUT2D eigenvalue weighted by molar-refractivity contribution is 0.430. The third-order valence-electron chi connectivity index (χ3n) is 4.18. The molecule has 0 aromatic heterocycles. The van der Waals surface area contributed by atoms with Gasteiger partial charge in [-0.3, -0.25) is 0 Å². The number of sulfonamides is 1. The van der Waals surface area contributed by atoms with Gasteiger partial charge in [0.2, 0.25) is 19.9 Å². The highest BCUT2D eigenvalue weighted by Gasteiger charge is 2.32. The van der Waals surface area contributed by atoms with Crippen LogP contribution in [0.5, 0.6) is 0 Å². The summed E-state index contributed by atoms with van der Waals surface area (Å²) in [5.74, 6) is -0.510. The first-order valence-corrected chi connectivity index (χ1v) is 13.0. The summed E-state index contributed by atoms with van der Waals surface area (Å²) in [6, 6.07) is 10.6. The van der Waals surface area contributed by atoms with Crippen LogP contribution in [-0.2, 0) is 29.7 Å². The van der Waals surface area contributed by atoms with Crippen molar-refractivity contribution < 1.29 is 25.3 Å². The summed E-state index contributed by atoms with van der Waals surface area (Å²) in [7, 11) is -11.2. The Balaban J connectivity index is 1.97. The van der Waals surface area contributed by atoms with E-state index in [1.165, 1.54) is 42.5 Å². The monoisotopic (exact) mass is 449 g/mol. The van der Waals surface area contributed by atoms with Crippen molar-refractivity contribution in [3.8, 4) is 0 Å². The molecule has 3 rings (SSSR count). The first-order valence-electron chi connectivity index (χ1n) is 7.84. The molecule has 1 aliphatic heterocycles. The molecule has 2 aromatic carbocycles. The van der Waals surface area contributed by atoms with Gasteiger partial charge in [0.05, 0.1) is 26.2 Å². The van der Waals surface area contributed by atoms with Gasteiger partial charge in [0.25, 0.3) is 0 Å². The number of sulfone groups is 2. The van der Waals surface area contributed by atoms with Crippen LogP contribution >= 0.6 is 11.6 Å². The molecule has 0 aliphatic carbocycles. The predicted octanol–water partition coefficient (Wildman–Crippen LogP) is 1.59. The van der Waals surface area contributed by atoms with Gasteiger partial charge < -0.3 is 0 Å². The van der Waals surface area contributed by atoms with Gasteiger partial charge in [-0.1, -0.05) is 17.7 Å². The van der Waals surface area contributed by atoms with Crippen LogP contribution in [0.3, 0.4) is 0 Å². The fourth-order valence-electron chi connectivity index (χ4n) is 2.64. The quantitative estimate of drug-likeness (QED) is 0.701. The maximum absolute atomic E-state index is 12.8. The van der Waals surface area contributed by atoms with Crippen molar-refractivity contribution >= 4 is 41.3 Å². The van der Waals surface area contributed by atoms with E-state index >= 15 is 0 Å². The van der Waals surface area contributed by atoms with Crippen LogP contribution in [0.4, 0.5) is 0 Å². The highest BCUT2D eigenvalue weighted by atomic mass is 35.5. The van der Waals surface area contributed by atoms with Crippen LogP contribution in [-0.4, -0.2) is 54.2 Å². The molecule has 0 bridgehead atoms. The topological polar surface area (TPSA) is 106 Å². The van der Waals surface area contributed by atoms with E-state index in [2.05, 4.69) is 0 Å². The lowest BCUT2D eigenvalue weighted by atomic mass is 10.4. The van der Waals surface area contributed by atoms with Crippen molar-refractivity contribution in [2.24, 2.45) is 0 Å². The van der Waals surface area contributed by atoms with E-state index in [1.807, 2.05) is 0 Å². The lowest BCUT2D eigenvalue weighted by Gasteiger charge is -2.26. The highest BCUT2D eigenvalue weighted by Crippen LogP contribution is 2.26. The molecule has 1 aliphatic rings. The molecule has 1 heterocycles. The zero-order valence-corrected chi connectivity index (χ0v) is 17.2. The maximum atomic E-state index is 12.8. The second kappa shape index (κ2) is 7.17. The molecule has 11 heteroatoms. The molecule has 0 spiro atoms. The molecular weight excluding hydrogens is 434 g/mol. The van der Waals surface area contributed by atoms with E-state index in [0.717, 1.165) is 10.4 Å². The van der Waals surface area contributed by atoms with E-state index in [4.69, 9.17) is 11.6 Å². The van der Waals surface area contributed by atoms with Gasteiger partial charge in [0.15, 0.2) is 9.84 Å². The number of rotatable bonds is 4. The number of hydrogen-bond acceptors (Lipinski definition) is 6. The van der Waals surface area contributed by atoms with Gasteiger partial charge in [0, 0.05) is 18.1 Å². The second-order valence-corrected chi connectivity index (χ2v) is 12.6. The smallest absolute Gasteiger partial charge is 0.229 e. The molecule has 2 aromatic rings. The van der Waals surface area contributed by atoms with Gasteiger partial charge in [0.1, 0.15) is 0 Å². The minimum Gasteiger partial charge on any atom is -0.229 e. The van der Waals surface area contributed by atoms with Crippen LogP contribution < -0.4 is 0 Å². The van der Waals surface area contributed by atoms with E-state index in [1.54, 1.807) is 0 Å². The van der Waals surface area contributed by atoms with E-state index in [-0.39, 0.29) is 39.3 Å². The Morgan fingerprint density at radius 3 is 1.96 bits per heavy atom. The van der Waals surface area contributed by atoms with Crippen molar-refractivity contribution in [2.75, 3.05) is 24.6 Å². The first-order chi connectivity index (χ1) is 12.5. The summed E-state index contributed by atoms with van der Waals surface area (Å²) >= 11 is 5.78. The second-order valence-electron chi connectivity index (χ2n) is 5.99. The Kier molecular flexibility index (Phi) is 5.39. The number of halogens is 1. The zero-order valence-electron chi connectivity index (χ0n) is 13.9. The first kappa shape index (κ1) is 20.3. The van der Waals surface area contributed by atoms with Crippen LogP contribution in [0.15, 0.2) is 63.2 Å². The molecule has 7 nitrogen and oxygen atoms in total. The largest absolute Gasteiger partial charge is 0.243 e. The van der Waals surface area contributed by atoms with Crippen molar-refractivity contribution in [3.05, 3.63) is 53.6 Å². The molecule has 0 unspecified atom stereocenters. The molecule has 1 saturated heterocycles. The molecule has 1 fully saturated rings. The molecule has 0 saturated carbocycles. The fourth-order valence-corrected chi connectivity index (χ4v) is 7.06. The van der Waals surface area contributed by atoms with Crippen molar-refractivity contribution in [1.29, 1.82) is 0 Å². The Hall–Kier alpha value is -1.46. The van der Waals surface area contributed by atoms with Crippen LogP contribution in [0, 0.1) is 0 Å². The van der Waals surface area contributed by atoms with Crippen LogP contribution in [0.25, 0.3) is 0 Å². The minimum absolute atomic E-state index is 0.00878. The van der Waals surface area contributed by atoms with E-state index < -0.39 is 29.7 Å². The number of benzene rings is 2. The minimum atomic E-state index is -4.00. The molecule has 0 amide bonds. The molecule has 0 radical (unpaired) electrons. The molecule has 27 heavy (non-hydrogen) atoms. The van der Waals surface area contributed by atoms with Gasteiger partial charge in [-0.25, -0.2) is 25.3 Å². The summed E-state index contributed by atoms with van der Waals surface area (Å²) < 4.78 is 75.2. The molecular formula is C16H16ClNO6S3. The zero-order chi connectivity index (χ0) is 19.9. The SMILES string of the molecule is O=S1(=O)CCN(S(=O)(=O)c2cccc(S(=O)(=O)c3ccc(Cl)cc3)c2)CC1. The Morgan fingerprint density at radius 2 is 1.37 bits per heavy atom. The summed E-state index contributed by atoms with van der Waals surface area (Å²) in [5, 5.41) is 0.380. The Morgan fingerprint density at radius 1 is 0.815 bits per heavy atom. The lowest BCUT2D eigenvalue weighted by Crippen LogP contribution is -2.43. The average molecular weight is 450 g/mol. The summed E-state index contributed by atoms with van der Waals surface area (Å²) in [6.07, 6.45) is 0. The Labute approximate surface area is 163 Å². The van der Waals surface area contributed by atoms with E-state index in [0.29, 0.717) is 5.02 Å². The van der Waals surface area contributed by atoms with Crippen LogP contribution in [0.2, 0.25) is 5.02 Å². The van der Waals surface area contributed by atoms with Gasteiger partial charge in [-0.2, -0.15) is 4.31 Å². The molecule has 146 valence electrons. The van der Waals surface area contributed by atoms with Crippen molar-refractivity contribution in [3.63, 3.8) is 0 Å². The predicted molar refractivity (Wildman–Crippen MR) is 101 cm³/mol. The highest BCUT2D eigenvalue weighted by molar-refractivity contribution is 7.92. The summed E-state index contributed by atoms with van der Waals surface area (Å²) in [4.78, 5) is -0.377. The third-order valence-corrected chi connectivity index (χ3v) is 9.70. The fraction of sp³-hybridized carbons (Fsp3) is 0.250. The molecule has 0 N–H and O–H groups in total. The third kappa shape index (κ3) is 4.19. The standard InChI is InChI=1S/C16H16ClNO6S3/c17-13-4-6-14(7-5-13)26(21,22)15-2-1-3-16(12-15)27(23,24)18-8-10-25(19,20)11-9-18/h1-7,12H,8-11H2.